The fraction of sp³-hybridized carbons (Fsp3) is 0.583. The van der Waals surface area contributed by atoms with Crippen molar-refractivity contribution in [3.63, 3.8) is 0 Å². The standard InChI is InChI=1S/C12H17NO3/c1-8-3-6-10(16-8)7-13-12(2,11(14)15)9-4-5-9/h3,6,9,13H,4-5,7H2,1-2H3,(H,14,15). The van der Waals surface area contributed by atoms with E-state index >= 15 is 0 Å². The highest BCUT2D eigenvalue weighted by Crippen LogP contribution is 2.39. The molecule has 4 nitrogen and oxygen atoms in total. The average Bonchev–Trinajstić information content (AvgIpc) is 2.99. The SMILES string of the molecule is Cc1ccc(CNC(C)(C(=O)O)C2CC2)o1. The Labute approximate surface area is 94.6 Å². The zero-order valence-corrected chi connectivity index (χ0v) is 9.62. The van der Waals surface area contributed by atoms with E-state index in [1.807, 2.05) is 19.1 Å². The quantitative estimate of drug-likeness (QED) is 0.800. The molecule has 0 spiro atoms. The van der Waals surface area contributed by atoms with Gasteiger partial charge in [-0.2, -0.15) is 0 Å². The molecular weight excluding hydrogens is 206 g/mol. The Kier molecular flexibility index (Phi) is 2.76. The van der Waals surface area contributed by atoms with Crippen molar-refractivity contribution in [1.29, 1.82) is 0 Å². The largest absolute Gasteiger partial charge is 0.480 e. The average molecular weight is 223 g/mol. The summed E-state index contributed by atoms with van der Waals surface area (Å²) in [6, 6.07) is 3.75. The molecule has 1 heterocycles. The smallest absolute Gasteiger partial charge is 0.323 e. The van der Waals surface area contributed by atoms with Gasteiger partial charge in [0.25, 0.3) is 0 Å². The summed E-state index contributed by atoms with van der Waals surface area (Å²) in [6.45, 7) is 4.09. The van der Waals surface area contributed by atoms with E-state index in [4.69, 9.17) is 4.42 Å². The Morgan fingerprint density at radius 3 is 2.75 bits per heavy atom. The van der Waals surface area contributed by atoms with Crippen molar-refractivity contribution in [2.75, 3.05) is 0 Å². The van der Waals surface area contributed by atoms with E-state index in [9.17, 15) is 9.90 Å². The van der Waals surface area contributed by atoms with Crippen LogP contribution in [0.5, 0.6) is 0 Å². The lowest BCUT2D eigenvalue weighted by Gasteiger charge is -2.25. The first kappa shape index (κ1) is 11.2. The van der Waals surface area contributed by atoms with Gasteiger partial charge in [0.2, 0.25) is 0 Å². The van der Waals surface area contributed by atoms with E-state index in [1.54, 1.807) is 6.92 Å². The summed E-state index contributed by atoms with van der Waals surface area (Å²) in [5, 5.41) is 12.3. The second-order valence-corrected chi connectivity index (χ2v) is 4.65. The van der Waals surface area contributed by atoms with E-state index in [1.165, 1.54) is 0 Å². The molecule has 16 heavy (non-hydrogen) atoms. The van der Waals surface area contributed by atoms with Crippen LogP contribution in [0.4, 0.5) is 0 Å². The van der Waals surface area contributed by atoms with Gasteiger partial charge in [-0.05, 0) is 44.7 Å². The molecule has 0 aliphatic heterocycles. The Morgan fingerprint density at radius 1 is 1.62 bits per heavy atom. The second kappa shape index (κ2) is 3.94. The van der Waals surface area contributed by atoms with Gasteiger partial charge < -0.3 is 9.52 Å². The monoisotopic (exact) mass is 223 g/mol. The molecule has 1 atom stereocenters. The molecule has 1 fully saturated rings. The number of rotatable bonds is 5. The molecule has 0 bridgehead atoms. The molecule has 2 rings (SSSR count). The van der Waals surface area contributed by atoms with E-state index < -0.39 is 11.5 Å². The van der Waals surface area contributed by atoms with Gasteiger partial charge in [0.1, 0.15) is 17.1 Å². The van der Waals surface area contributed by atoms with Crippen LogP contribution in [0.2, 0.25) is 0 Å². The van der Waals surface area contributed by atoms with Crippen LogP contribution in [-0.4, -0.2) is 16.6 Å². The van der Waals surface area contributed by atoms with E-state index in [0.717, 1.165) is 24.4 Å². The molecule has 0 radical (unpaired) electrons. The molecule has 0 amide bonds. The second-order valence-electron chi connectivity index (χ2n) is 4.65. The number of carbonyl (C=O) groups is 1. The summed E-state index contributed by atoms with van der Waals surface area (Å²) < 4.78 is 5.40. The first-order valence-electron chi connectivity index (χ1n) is 5.56. The molecule has 1 aromatic rings. The van der Waals surface area contributed by atoms with Crippen molar-refractivity contribution in [1.82, 2.24) is 5.32 Å². The van der Waals surface area contributed by atoms with Gasteiger partial charge in [0.05, 0.1) is 6.54 Å². The lowest BCUT2D eigenvalue weighted by Crippen LogP contribution is -2.51. The summed E-state index contributed by atoms with van der Waals surface area (Å²) in [7, 11) is 0. The number of carboxylic acid groups (broad SMARTS) is 1. The van der Waals surface area contributed by atoms with E-state index in [-0.39, 0.29) is 5.92 Å². The van der Waals surface area contributed by atoms with Crippen molar-refractivity contribution in [2.24, 2.45) is 5.92 Å². The third-order valence-corrected chi connectivity index (χ3v) is 3.26. The fourth-order valence-corrected chi connectivity index (χ4v) is 1.91. The predicted molar refractivity (Wildman–Crippen MR) is 59.0 cm³/mol. The summed E-state index contributed by atoms with van der Waals surface area (Å²) in [5.41, 5.74) is -0.819. The van der Waals surface area contributed by atoms with Crippen LogP contribution >= 0.6 is 0 Å². The summed E-state index contributed by atoms with van der Waals surface area (Å²) >= 11 is 0. The number of hydrogen-bond donors (Lipinski definition) is 2. The molecule has 1 unspecified atom stereocenters. The minimum absolute atomic E-state index is 0.251. The molecule has 1 aliphatic carbocycles. The van der Waals surface area contributed by atoms with Crippen LogP contribution in [0, 0.1) is 12.8 Å². The number of aryl methyl sites for hydroxylation is 1. The minimum Gasteiger partial charge on any atom is -0.480 e. The maximum absolute atomic E-state index is 11.2. The van der Waals surface area contributed by atoms with E-state index in [0.29, 0.717) is 6.54 Å². The topological polar surface area (TPSA) is 62.5 Å². The highest BCUT2D eigenvalue weighted by molar-refractivity contribution is 5.79. The summed E-state index contributed by atoms with van der Waals surface area (Å²) in [5.74, 6) is 1.10. The van der Waals surface area contributed by atoms with Gasteiger partial charge in [-0.15, -0.1) is 0 Å². The van der Waals surface area contributed by atoms with Gasteiger partial charge in [0.15, 0.2) is 0 Å². The van der Waals surface area contributed by atoms with Gasteiger partial charge >= 0.3 is 5.97 Å². The Balaban J connectivity index is 1.99. The van der Waals surface area contributed by atoms with Crippen LogP contribution in [0.1, 0.15) is 31.3 Å². The third kappa shape index (κ3) is 2.11. The zero-order chi connectivity index (χ0) is 11.8. The molecule has 4 heteroatoms. The highest BCUT2D eigenvalue weighted by atomic mass is 16.4. The van der Waals surface area contributed by atoms with Crippen LogP contribution in [0.25, 0.3) is 0 Å². The van der Waals surface area contributed by atoms with Crippen LogP contribution in [0.15, 0.2) is 16.5 Å². The Bertz CT molecular complexity index is 395. The minimum atomic E-state index is -0.819. The molecule has 2 N–H and O–H groups in total. The maximum Gasteiger partial charge on any atom is 0.323 e. The number of hydrogen-bond acceptors (Lipinski definition) is 3. The van der Waals surface area contributed by atoms with Crippen molar-refractivity contribution < 1.29 is 14.3 Å². The van der Waals surface area contributed by atoms with E-state index in [2.05, 4.69) is 5.32 Å². The van der Waals surface area contributed by atoms with Gasteiger partial charge in [-0.1, -0.05) is 0 Å². The number of aliphatic carboxylic acids is 1. The first-order chi connectivity index (χ1) is 7.52. The first-order valence-corrected chi connectivity index (χ1v) is 5.56. The zero-order valence-electron chi connectivity index (χ0n) is 9.62. The Hall–Kier alpha value is -1.29. The maximum atomic E-state index is 11.2. The molecule has 0 aromatic carbocycles. The van der Waals surface area contributed by atoms with Crippen LogP contribution < -0.4 is 5.32 Å². The molecule has 1 aliphatic rings. The molecule has 0 saturated heterocycles. The lowest BCUT2D eigenvalue weighted by molar-refractivity contribution is -0.145. The normalized spacial score (nSPS) is 19.4. The molecule has 1 aromatic heterocycles. The number of nitrogens with one attached hydrogen (secondary N) is 1. The number of furan rings is 1. The van der Waals surface area contributed by atoms with Crippen LogP contribution in [-0.2, 0) is 11.3 Å². The molecule has 1 saturated carbocycles. The van der Waals surface area contributed by atoms with Crippen molar-refractivity contribution >= 4 is 5.97 Å². The molecule has 88 valence electrons. The highest BCUT2D eigenvalue weighted by Gasteiger charge is 2.47. The summed E-state index contributed by atoms with van der Waals surface area (Å²) in [6.07, 6.45) is 1.99. The van der Waals surface area contributed by atoms with Crippen molar-refractivity contribution in [3.8, 4) is 0 Å². The summed E-state index contributed by atoms with van der Waals surface area (Å²) in [4.78, 5) is 11.2. The third-order valence-electron chi connectivity index (χ3n) is 3.26. The fourth-order valence-electron chi connectivity index (χ4n) is 1.91. The van der Waals surface area contributed by atoms with Crippen molar-refractivity contribution in [3.05, 3.63) is 23.7 Å². The lowest BCUT2D eigenvalue weighted by atomic mass is 9.96. The van der Waals surface area contributed by atoms with Gasteiger partial charge in [-0.3, -0.25) is 10.1 Å². The van der Waals surface area contributed by atoms with Crippen molar-refractivity contribution in [2.45, 2.75) is 38.8 Å². The predicted octanol–water partition coefficient (Wildman–Crippen LogP) is 1.93. The van der Waals surface area contributed by atoms with Gasteiger partial charge in [-0.25, -0.2) is 0 Å². The number of carboxylic acids is 1. The Morgan fingerprint density at radius 2 is 2.31 bits per heavy atom. The molecular formula is C12H17NO3. The van der Waals surface area contributed by atoms with Crippen LogP contribution in [0.3, 0.4) is 0 Å². The van der Waals surface area contributed by atoms with Gasteiger partial charge in [0, 0.05) is 0 Å².